The molecule has 1 aliphatic rings. The summed E-state index contributed by atoms with van der Waals surface area (Å²) in [5.41, 5.74) is 10.2. The van der Waals surface area contributed by atoms with Gasteiger partial charge in [-0.25, -0.2) is 0 Å². The third kappa shape index (κ3) is 3.90. The van der Waals surface area contributed by atoms with Gasteiger partial charge in [0, 0.05) is 11.3 Å². The number of nitrogen functional groups attached to an aromatic ring is 1. The monoisotopic (exact) mass is 327 g/mol. The zero-order valence-corrected chi connectivity index (χ0v) is 14.7. The van der Waals surface area contributed by atoms with Gasteiger partial charge < -0.3 is 5.73 Å². The van der Waals surface area contributed by atoms with Crippen LogP contribution in [0.15, 0.2) is 42.5 Å². The summed E-state index contributed by atoms with van der Waals surface area (Å²) in [6.45, 7) is 2.30. The number of anilines is 1. The maximum atomic E-state index is 6.32. The topological polar surface area (TPSA) is 26.0 Å². The van der Waals surface area contributed by atoms with Gasteiger partial charge in [-0.1, -0.05) is 61.7 Å². The summed E-state index contributed by atoms with van der Waals surface area (Å²) in [6.07, 6.45) is 8.20. The molecule has 2 heteroatoms. The molecule has 1 aliphatic carbocycles. The van der Waals surface area contributed by atoms with E-state index in [0.29, 0.717) is 5.69 Å². The van der Waals surface area contributed by atoms with Crippen molar-refractivity contribution in [3.05, 3.63) is 53.1 Å². The minimum atomic E-state index is 0.708. The summed E-state index contributed by atoms with van der Waals surface area (Å²) in [5, 5.41) is 0.720. The normalized spacial score (nSPS) is 21.3. The van der Waals surface area contributed by atoms with Crippen LogP contribution in [0, 0.1) is 5.92 Å². The third-order valence-corrected chi connectivity index (χ3v) is 5.54. The zero-order chi connectivity index (χ0) is 16.2. The smallest absolute Gasteiger partial charge is 0.0504 e. The first kappa shape index (κ1) is 16.4. The summed E-state index contributed by atoms with van der Waals surface area (Å²) in [7, 11) is 0. The van der Waals surface area contributed by atoms with Crippen LogP contribution in [0.25, 0.3) is 11.1 Å². The van der Waals surface area contributed by atoms with Crippen molar-refractivity contribution < 1.29 is 0 Å². The number of hydrogen-bond acceptors (Lipinski definition) is 1. The summed E-state index contributed by atoms with van der Waals surface area (Å²) in [6, 6.07) is 14.7. The molecule has 0 amide bonds. The fourth-order valence-corrected chi connectivity index (χ4v) is 4.19. The van der Waals surface area contributed by atoms with E-state index in [0.717, 1.165) is 22.4 Å². The van der Waals surface area contributed by atoms with Crippen molar-refractivity contribution in [3.63, 3.8) is 0 Å². The number of halogens is 1. The van der Waals surface area contributed by atoms with E-state index in [4.69, 9.17) is 17.3 Å². The van der Waals surface area contributed by atoms with Gasteiger partial charge in [-0.2, -0.15) is 0 Å². The number of rotatable bonds is 4. The minimum absolute atomic E-state index is 0.708. The molecule has 3 rings (SSSR count). The van der Waals surface area contributed by atoms with Crippen LogP contribution < -0.4 is 5.73 Å². The van der Waals surface area contributed by atoms with E-state index >= 15 is 0 Å². The van der Waals surface area contributed by atoms with Crippen molar-refractivity contribution in [1.82, 2.24) is 0 Å². The van der Waals surface area contributed by atoms with Crippen LogP contribution >= 0.6 is 11.6 Å². The zero-order valence-electron chi connectivity index (χ0n) is 13.9. The predicted molar refractivity (Wildman–Crippen MR) is 101 cm³/mol. The molecule has 1 fully saturated rings. The van der Waals surface area contributed by atoms with E-state index in [2.05, 4.69) is 31.2 Å². The maximum absolute atomic E-state index is 6.32. The van der Waals surface area contributed by atoms with Gasteiger partial charge in [-0.3, -0.25) is 0 Å². The molecule has 2 aromatic rings. The van der Waals surface area contributed by atoms with Crippen molar-refractivity contribution in [3.8, 4) is 11.1 Å². The molecule has 0 bridgehead atoms. The molecule has 1 nitrogen and oxygen atoms in total. The Balaban J connectivity index is 1.70. The molecule has 0 aromatic heterocycles. The van der Waals surface area contributed by atoms with Crippen LogP contribution in [0.4, 0.5) is 5.69 Å². The molecule has 23 heavy (non-hydrogen) atoms. The molecule has 0 atom stereocenters. The first-order valence-corrected chi connectivity index (χ1v) is 9.20. The molecule has 0 radical (unpaired) electrons. The second-order valence-electron chi connectivity index (χ2n) is 6.87. The number of hydrogen-bond donors (Lipinski definition) is 1. The van der Waals surface area contributed by atoms with Crippen molar-refractivity contribution in [2.75, 3.05) is 5.73 Å². The first-order chi connectivity index (χ1) is 11.2. The van der Waals surface area contributed by atoms with Crippen molar-refractivity contribution in [1.29, 1.82) is 0 Å². The van der Waals surface area contributed by atoms with E-state index in [9.17, 15) is 0 Å². The molecular formula is C21H26ClN. The van der Waals surface area contributed by atoms with Crippen LogP contribution in [-0.4, -0.2) is 0 Å². The molecule has 2 N–H and O–H groups in total. The highest BCUT2D eigenvalue weighted by atomic mass is 35.5. The Morgan fingerprint density at radius 1 is 1.00 bits per heavy atom. The van der Waals surface area contributed by atoms with Crippen LogP contribution in [-0.2, 0) is 0 Å². The molecule has 1 saturated carbocycles. The highest BCUT2D eigenvalue weighted by Gasteiger charge is 2.21. The van der Waals surface area contributed by atoms with Gasteiger partial charge in [-0.15, -0.1) is 0 Å². The molecule has 0 aliphatic heterocycles. The molecule has 0 heterocycles. The Morgan fingerprint density at radius 2 is 1.70 bits per heavy atom. The van der Waals surface area contributed by atoms with E-state index in [1.807, 2.05) is 18.2 Å². The molecular weight excluding hydrogens is 302 g/mol. The summed E-state index contributed by atoms with van der Waals surface area (Å²) < 4.78 is 0. The van der Waals surface area contributed by atoms with E-state index in [1.54, 1.807) is 0 Å². The van der Waals surface area contributed by atoms with Crippen LogP contribution in [0.5, 0.6) is 0 Å². The van der Waals surface area contributed by atoms with Crippen molar-refractivity contribution in [2.45, 2.75) is 51.4 Å². The van der Waals surface area contributed by atoms with E-state index < -0.39 is 0 Å². The lowest BCUT2D eigenvalue weighted by atomic mass is 9.77. The summed E-state index contributed by atoms with van der Waals surface area (Å²) in [4.78, 5) is 0. The van der Waals surface area contributed by atoms with Gasteiger partial charge in [0.2, 0.25) is 0 Å². The van der Waals surface area contributed by atoms with Gasteiger partial charge in [0.25, 0.3) is 0 Å². The van der Waals surface area contributed by atoms with Gasteiger partial charge >= 0.3 is 0 Å². The Morgan fingerprint density at radius 3 is 2.30 bits per heavy atom. The Bertz CT molecular complexity index is 639. The minimum Gasteiger partial charge on any atom is -0.399 e. The van der Waals surface area contributed by atoms with E-state index in [-0.39, 0.29) is 0 Å². The largest absolute Gasteiger partial charge is 0.399 e. The lowest BCUT2D eigenvalue weighted by Gasteiger charge is -2.28. The molecule has 2 aromatic carbocycles. The first-order valence-electron chi connectivity index (χ1n) is 8.82. The average molecular weight is 328 g/mol. The number of nitrogens with two attached hydrogens (primary N) is 1. The predicted octanol–water partition coefficient (Wildman–Crippen LogP) is 6.66. The molecule has 122 valence electrons. The van der Waals surface area contributed by atoms with Gasteiger partial charge in [-0.05, 0) is 60.8 Å². The number of benzene rings is 2. The fraction of sp³-hybridized carbons (Fsp3) is 0.429. The highest BCUT2D eigenvalue weighted by molar-refractivity contribution is 6.33. The Labute approximate surface area is 144 Å². The Hall–Kier alpha value is -1.47. The average Bonchev–Trinajstić information content (AvgIpc) is 2.56. The highest BCUT2D eigenvalue weighted by Crippen LogP contribution is 2.38. The standard InChI is InChI=1S/C21H26ClN/c1-2-3-15-4-6-16(7-5-15)17-8-10-18(11-9-17)20-13-12-19(23)14-21(20)22/h8-16H,2-7,23H2,1H3. The summed E-state index contributed by atoms with van der Waals surface area (Å²) >= 11 is 6.32. The second-order valence-corrected chi connectivity index (χ2v) is 7.27. The van der Waals surface area contributed by atoms with Crippen molar-refractivity contribution >= 4 is 17.3 Å². The fourth-order valence-electron chi connectivity index (χ4n) is 3.89. The van der Waals surface area contributed by atoms with Crippen LogP contribution in [0.2, 0.25) is 5.02 Å². The maximum Gasteiger partial charge on any atom is 0.0504 e. The van der Waals surface area contributed by atoms with Crippen LogP contribution in [0.1, 0.15) is 56.9 Å². The quantitative estimate of drug-likeness (QED) is 0.624. The molecule has 0 unspecified atom stereocenters. The Kier molecular flexibility index (Phi) is 5.27. The lowest BCUT2D eigenvalue weighted by Crippen LogP contribution is -2.13. The van der Waals surface area contributed by atoms with Crippen molar-refractivity contribution in [2.24, 2.45) is 5.92 Å². The molecule has 0 saturated heterocycles. The van der Waals surface area contributed by atoms with Gasteiger partial charge in [0.1, 0.15) is 0 Å². The third-order valence-electron chi connectivity index (χ3n) is 5.23. The van der Waals surface area contributed by atoms with E-state index in [1.165, 1.54) is 49.7 Å². The van der Waals surface area contributed by atoms with Crippen LogP contribution in [0.3, 0.4) is 0 Å². The lowest BCUT2D eigenvalue weighted by molar-refractivity contribution is 0.308. The molecule has 0 spiro atoms. The second kappa shape index (κ2) is 7.40. The summed E-state index contributed by atoms with van der Waals surface area (Å²) in [5.74, 6) is 1.70. The van der Waals surface area contributed by atoms with Gasteiger partial charge in [0.05, 0.1) is 5.02 Å². The van der Waals surface area contributed by atoms with Gasteiger partial charge in [0.15, 0.2) is 0 Å². The SMILES string of the molecule is CCCC1CCC(c2ccc(-c3ccc(N)cc3Cl)cc2)CC1.